The second-order valence-electron chi connectivity index (χ2n) is 6.97. The average molecular weight is 371 g/mol. The van der Waals surface area contributed by atoms with Crippen molar-refractivity contribution in [2.24, 2.45) is 0 Å². The zero-order valence-electron chi connectivity index (χ0n) is 26.3. The van der Waals surface area contributed by atoms with Crippen LogP contribution in [0.3, 0.4) is 0 Å². The highest BCUT2D eigenvalue weighted by molar-refractivity contribution is 6.63. The summed E-state index contributed by atoms with van der Waals surface area (Å²) in [6.07, 6.45) is 0. The summed E-state index contributed by atoms with van der Waals surface area (Å²) < 4.78 is 107. The van der Waals surface area contributed by atoms with E-state index < -0.39 is 67.8 Å². The highest BCUT2D eigenvalue weighted by Gasteiger charge is 2.52. The van der Waals surface area contributed by atoms with E-state index in [4.69, 9.17) is 29.1 Å². The Balaban J connectivity index is 2.23. The minimum atomic E-state index is -3.55. The van der Waals surface area contributed by atoms with Crippen LogP contribution in [-0.2, 0) is 14.0 Å². The van der Waals surface area contributed by atoms with Crippen LogP contribution < -0.4 is 10.4 Å². The second-order valence-corrected chi connectivity index (χ2v) is 6.97. The van der Waals surface area contributed by atoms with E-state index in [-0.39, 0.29) is 15.9 Å². The van der Waals surface area contributed by atoms with Crippen molar-refractivity contribution in [3.05, 3.63) is 23.8 Å². The molecule has 2 aliphatic heterocycles. The second kappa shape index (κ2) is 6.87. The highest BCUT2D eigenvalue weighted by atomic mass is 16.7. The first-order valence-corrected chi connectivity index (χ1v) is 8.06. The van der Waals surface area contributed by atoms with Gasteiger partial charge in [-0.1, -0.05) is 6.07 Å². The first-order valence-electron chi connectivity index (χ1n) is 13.6. The molecule has 2 aliphatic rings. The number of hydrogen-bond acceptors (Lipinski definition) is 6. The molecule has 3 rings (SSSR count). The van der Waals surface area contributed by atoms with Gasteiger partial charge in [-0.2, -0.15) is 0 Å². The lowest BCUT2D eigenvalue weighted by molar-refractivity contribution is 0.00578. The van der Waals surface area contributed by atoms with Gasteiger partial charge >= 0.3 is 13.1 Å². The van der Waals surface area contributed by atoms with Crippen LogP contribution in [0.15, 0.2) is 18.2 Å². The first kappa shape index (κ1) is 9.58. The van der Waals surface area contributed by atoms with Crippen molar-refractivity contribution < 1.29 is 33.9 Å². The molecule has 6 nitrogen and oxygen atoms in total. The number of rotatable bonds is 3. The third kappa shape index (κ3) is 3.48. The third-order valence-corrected chi connectivity index (χ3v) is 4.75. The lowest BCUT2D eigenvalue weighted by atomic mass is 9.75. The van der Waals surface area contributed by atoms with Crippen LogP contribution in [0.5, 0.6) is 0 Å². The van der Waals surface area contributed by atoms with Gasteiger partial charge < -0.3 is 23.8 Å². The van der Waals surface area contributed by atoms with Crippen LogP contribution >= 0.6 is 0 Å². The number of carbonyl (C=O) groups is 1. The molecule has 2 fully saturated rings. The largest absolute Gasteiger partial charge is 0.495 e. The normalized spacial score (nSPS) is 37.0. The summed E-state index contributed by atoms with van der Waals surface area (Å²) in [5.74, 6) is -0.917. The van der Waals surface area contributed by atoms with E-state index in [0.29, 0.717) is 0 Å². The molecule has 26 heavy (non-hydrogen) atoms. The first-order chi connectivity index (χ1) is 16.4. The summed E-state index contributed by atoms with van der Waals surface area (Å²) in [6.45, 7) is -10.4. The molecule has 1 aromatic rings. The number of benzene rings is 1. The molecule has 0 aromatic heterocycles. The molecule has 0 aliphatic carbocycles. The average Bonchev–Trinajstić information content (AvgIpc) is 2.91. The maximum Gasteiger partial charge on any atom is 0.495 e. The Morgan fingerprint density at radius 1 is 1.19 bits per heavy atom. The van der Waals surface area contributed by atoms with Crippen molar-refractivity contribution in [1.82, 2.24) is 4.90 Å². The number of ether oxygens (including phenoxy) is 1. The fraction of sp³-hybridized carbons (Fsp3) is 0.632. The van der Waals surface area contributed by atoms with Crippen molar-refractivity contribution in [2.75, 3.05) is 45.0 Å². The molecule has 0 N–H and O–H groups in total. The van der Waals surface area contributed by atoms with Crippen LogP contribution in [0.1, 0.15) is 53.1 Å². The van der Waals surface area contributed by atoms with Gasteiger partial charge in [-0.15, -0.1) is 0 Å². The quantitative estimate of drug-likeness (QED) is 0.593. The monoisotopic (exact) mass is 371 g/mol. The van der Waals surface area contributed by atoms with Gasteiger partial charge in [-0.3, -0.25) is 0 Å². The van der Waals surface area contributed by atoms with Gasteiger partial charge in [0.25, 0.3) is 0 Å². The number of piperazine rings is 1. The van der Waals surface area contributed by atoms with Crippen molar-refractivity contribution in [1.29, 1.82) is 0 Å². The number of likely N-dealkylation sites (N-methyl/N-ethyl adjacent to an activating group) is 1. The van der Waals surface area contributed by atoms with Gasteiger partial charge in [0, 0.05) is 41.3 Å². The summed E-state index contributed by atoms with van der Waals surface area (Å²) in [7, 11) is 0.0282. The van der Waals surface area contributed by atoms with Crippen LogP contribution in [0.2, 0.25) is 0 Å². The lowest BCUT2D eigenvalue weighted by Gasteiger charge is -2.34. The van der Waals surface area contributed by atoms with Crippen LogP contribution in [0.25, 0.3) is 0 Å². The minimum Gasteiger partial charge on any atom is -0.465 e. The van der Waals surface area contributed by atoms with Gasteiger partial charge in [0.2, 0.25) is 0 Å². The Labute approximate surface area is 172 Å². The maximum absolute atomic E-state index is 12.7. The summed E-state index contributed by atoms with van der Waals surface area (Å²) >= 11 is 0. The van der Waals surface area contributed by atoms with E-state index in [1.54, 1.807) is 27.7 Å². The molecular formula is C19H29BN2O4. The number of carbonyl (C=O) groups excluding carboxylic acids is 1. The van der Waals surface area contributed by atoms with Gasteiger partial charge in [0.1, 0.15) is 0 Å². The molecular weight excluding hydrogens is 331 g/mol. The van der Waals surface area contributed by atoms with Crippen LogP contribution in [0.4, 0.5) is 5.69 Å². The Morgan fingerprint density at radius 2 is 1.81 bits per heavy atom. The van der Waals surface area contributed by atoms with Gasteiger partial charge in [0.05, 0.1) is 29.4 Å². The number of methoxy groups -OCH3 is 1. The van der Waals surface area contributed by atoms with Crippen LogP contribution in [0, 0.1) is 0 Å². The van der Waals surface area contributed by atoms with E-state index in [2.05, 4.69) is 0 Å². The number of hydrogen-bond donors (Lipinski definition) is 0. The van der Waals surface area contributed by atoms with Crippen molar-refractivity contribution >= 4 is 24.2 Å². The van der Waals surface area contributed by atoms with Gasteiger partial charge in [-0.25, -0.2) is 4.79 Å². The summed E-state index contributed by atoms with van der Waals surface area (Å²) in [4.78, 5) is 12.5. The van der Waals surface area contributed by atoms with E-state index in [1.165, 1.54) is 6.07 Å². The third-order valence-electron chi connectivity index (χ3n) is 4.75. The zero-order chi connectivity index (χ0) is 28.8. The standard InChI is InChI=1S/C19H29BN2O4/c1-18(2)19(3,4)26-20(25-18)16-8-7-14(13-15(16)17(23)24-6)22-11-9-21(5)10-12-22/h7-8,13H,9-12H2,1-6H3/i5D3,9D2,10D2,11D2,12D2. The molecule has 2 saturated heterocycles. The minimum absolute atomic E-state index is 0.169. The number of anilines is 1. The highest BCUT2D eigenvalue weighted by Crippen LogP contribution is 2.37. The van der Waals surface area contributed by atoms with Crippen LogP contribution in [-0.4, -0.2) is 69.3 Å². The lowest BCUT2D eigenvalue weighted by Crippen LogP contribution is -2.45. The molecule has 2 heterocycles. The predicted molar refractivity (Wildman–Crippen MR) is 103 cm³/mol. The molecule has 7 heteroatoms. The molecule has 0 amide bonds. The number of nitrogens with zero attached hydrogens (tertiary/aromatic N) is 2. The predicted octanol–water partition coefficient (Wildman–Crippen LogP) is 1.52. The van der Waals surface area contributed by atoms with Gasteiger partial charge in [0.15, 0.2) is 0 Å². The molecule has 1 aromatic carbocycles. The number of esters is 1. The zero-order valence-corrected chi connectivity index (χ0v) is 15.3. The Hall–Kier alpha value is -1.57. The SMILES string of the molecule is [2H]C([2H])([2H])N1C([2H])([2H])C([2H])([2H])N(c2ccc(B3OC(C)(C)C(C)(C)O3)c(C(=O)OC)c2)C([2H])([2H])C1([2H])[2H]. The van der Waals surface area contributed by atoms with E-state index >= 15 is 0 Å². The van der Waals surface area contributed by atoms with E-state index in [1.807, 2.05) is 0 Å². The van der Waals surface area contributed by atoms with E-state index in [0.717, 1.165) is 19.2 Å². The Morgan fingerprint density at radius 3 is 2.35 bits per heavy atom. The summed E-state index contributed by atoms with van der Waals surface area (Å²) in [5, 5.41) is 0. The topological polar surface area (TPSA) is 51.2 Å². The maximum atomic E-state index is 12.7. The molecule has 0 radical (unpaired) electrons. The van der Waals surface area contributed by atoms with Gasteiger partial charge in [-0.05, 0) is 52.3 Å². The molecule has 0 saturated carbocycles. The smallest absolute Gasteiger partial charge is 0.465 e. The Bertz CT molecular complexity index is 1050. The van der Waals surface area contributed by atoms with E-state index in [9.17, 15) is 4.79 Å². The summed E-state index contributed by atoms with van der Waals surface area (Å²) in [5.41, 5.74) is -2.05. The molecule has 0 spiro atoms. The van der Waals surface area contributed by atoms with Crippen molar-refractivity contribution in [3.63, 3.8) is 0 Å². The molecule has 0 bridgehead atoms. The van der Waals surface area contributed by atoms with Crippen molar-refractivity contribution in [3.8, 4) is 0 Å². The molecule has 142 valence electrons. The van der Waals surface area contributed by atoms with Crippen molar-refractivity contribution in [2.45, 2.75) is 38.9 Å². The fourth-order valence-electron chi connectivity index (χ4n) is 2.53. The fourth-order valence-corrected chi connectivity index (χ4v) is 2.53. The molecule has 0 atom stereocenters. The Kier molecular flexibility index (Phi) is 2.53. The summed E-state index contributed by atoms with van der Waals surface area (Å²) in [6, 6.07) is 3.45. The molecule has 0 unspecified atom stereocenters.